The predicted octanol–water partition coefficient (Wildman–Crippen LogP) is -0.683. The first-order valence-corrected chi connectivity index (χ1v) is 6.55. The summed E-state index contributed by atoms with van der Waals surface area (Å²) in [7, 11) is 1.61. The van der Waals surface area contributed by atoms with Crippen LogP contribution in [0.3, 0.4) is 0 Å². The Balaban J connectivity index is 2.08. The van der Waals surface area contributed by atoms with Crippen molar-refractivity contribution in [3.63, 3.8) is 0 Å². The Labute approximate surface area is 121 Å². The number of rotatable bonds is 3. The van der Waals surface area contributed by atoms with Gasteiger partial charge in [-0.1, -0.05) is 18.2 Å². The highest BCUT2D eigenvalue weighted by Gasteiger charge is 2.36. The summed E-state index contributed by atoms with van der Waals surface area (Å²) in [6.07, 6.45) is -0.748. The number of hydrogen-bond donors (Lipinski definition) is 3. The van der Waals surface area contributed by atoms with E-state index in [0.717, 1.165) is 0 Å². The minimum atomic E-state index is -0.904. The first-order chi connectivity index (χ1) is 9.91. The summed E-state index contributed by atoms with van der Waals surface area (Å²) in [5, 5.41) is 13.8. The minimum Gasteiger partial charge on any atom is -0.392 e. The number of nitrogens with one attached hydrogen (secondary N) is 2. The molecule has 21 heavy (non-hydrogen) atoms. The molecular formula is C14H17N3O4. The molecule has 0 saturated heterocycles. The van der Waals surface area contributed by atoms with Crippen molar-refractivity contribution in [1.29, 1.82) is 0 Å². The molecule has 1 aromatic rings. The van der Waals surface area contributed by atoms with Gasteiger partial charge in [-0.05, 0) is 13.0 Å². The van der Waals surface area contributed by atoms with Gasteiger partial charge in [0.05, 0.1) is 6.10 Å². The standard InChI is InChI=1S/C14H17N3O4/c1-8(18)7-15-12(19)13(20)16-11-9-5-3-4-6-10(9)17(2)14(11)21/h3-6,8,11,18H,7H2,1-2H3,(H,15,19)(H,16,20)/t8-,11?/m1/s1. The molecule has 0 saturated carbocycles. The number of para-hydroxylation sites is 1. The fraction of sp³-hybridized carbons (Fsp3) is 0.357. The maximum atomic E-state index is 12.1. The molecule has 0 aliphatic carbocycles. The van der Waals surface area contributed by atoms with Gasteiger partial charge in [0, 0.05) is 24.8 Å². The number of carbonyl (C=O) groups excluding carboxylic acids is 3. The summed E-state index contributed by atoms with van der Waals surface area (Å²) in [4.78, 5) is 36.9. The topological polar surface area (TPSA) is 98.7 Å². The Morgan fingerprint density at radius 3 is 2.67 bits per heavy atom. The number of amides is 3. The van der Waals surface area contributed by atoms with Crippen LogP contribution in [-0.2, 0) is 14.4 Å². The second kappa shape index (κ2) is 5.92. The molecule has 0 aromatic heterocycles. The van der Waals surface area contributed by atoms with Crippen molar-refractivity contribution in [3.8, 4) is 0 Å². The fourth-order valence-corrected chi connectivity index (χ4v) is 2.14. The zero-order valence-electron chi connectivity index (χ0n) is 11.8. The maximum absolute atomic E-state index is 12.1. The van der Waals surface area contributed by atoms with E-state index in [1.54, 1.807) is 31.3 Å². The van der Waals surface area contributed by atoms with Gasteiger partial charge in [-0.3, -0.25) is 14.4 Å². The van der Waals surface area contributed by atoms with Crippen LogP contribution in [0.5, 0.6) is 0 Å². The Bertz CT molecular complexity index is 585. The number of nitrogens with zero attached hydrogens (tertiary/aromatic N) is 1. The second-order valence-electron chi connectivity index (χ2n) is 4.92. The van der Waals surface area contributed by atoms with Crippen LogP contribution >= 0.6 is 0 Å². The van der Waals surface area contributed by atoms with Gasteiger partial charge in [0.2, 0.25) is 0 Å². The van der Waals surface area contributed by atoms with Crippen LogP contribution in [0.15, 0.2) is 24.3 Å². The largest absolute Gasteiger partial charge is 0.392 e. The molecule has 112 valence electrons. The molecule has 7 heteroatoms. The summed E-state index contributed by atoms with van der Waals surface area (Å²) in [5.41, 5.74) is 1.36. The van der Waals surface area contributed by atoms with Crippen molar-refractivity contribution < 1.29 is 19.5 Å². The van der Waals surface area contributed by atoms with Gasteiger partial charge in [0.1, 0.15) is 6.04 Å². The van der Waals surface area contributed by atoms with Crippen molar-refractivity contribution in [2.45, 2.75) is 19.1 Å². The van der Waals surface area contributed by atoms with Crippen LogP contribution < -0.4 is 15.5 Å². The summed E-state index contributed by atoms with van der Waals surface area (Å²) in [5.74, 6) is -2.08. The van der Waals surface area contributed by atoms with Crippen LogP contribution in [0, 0.1) is 0 Å². The number of likely N-dealkylation sites (N-methyl/N-ethyl adjacent to an activating group) is 1. The van der Waals surface area contributed by atoms with Crippen molar-refractivity contribution in [3.05, 3.63) is 29.8 Å². The number of anilines is 1. The first-order valence-electron chi connectivity index (χ1n) is 6.55. The zero-order chi connectivity index (χ0) is 15.6. The van der Waals surface area contributed by atoms with Crippen LogP contribution in [0.4, 0.5) is 5.69 Å². The molecule has 1 unspecified atom stereocenters. The Morgan fingerprint density at radius 2 is 2.00 bits per heavy atom. The van der Waals surface area contributed by atoms with E-state index in [-0.39, 0.29) is 12.5 Å². The van der Waals surface area contributed by atoms with E-state index >= 15 is 0 Å². The van der Waals surface area contributed by atoms with Crippen molar-refractivity contribution in [2.24, 2.45) is 0 Å². The molecule has 0 fully saturated rings. The third-order valence-corrected chi connectivity index (χ3v) is 3.23. The van der Waals surface area contributed by atoms with E-state index in [4.69, 9.17) is 5.11 Å². The van der Waals surface area contributed by atoms with Crippen LogP contribution in [0.2, 0.25) is 0 Å². The fourth-order valence-electron chi connectivity index (χ4n) is 2.14. The average molecular weight is 291 g/mol. The molecule has 3 amide bonds. The normalized spacial score (nSPS) is 18.1. The molecule has 1 heterocycles. The Kier molecular flexibility index (Phi) is 4.23. The molecule has 2 rings (SSSR count). The number of carbonyl (C=O) groups is 3. The van der Waals surface area contributed by atoms with E-state index in [9.17, 15) is 14.4 Å². The highest BCUT2D eigenvalue weighted by atomic mass is 16.3. The van der Waals surface area contributed by atoms with E-state index in [1.807, 2.05) is 0 Å². The van der Waals surface area contributed by atoms with Crippen molar-refractivity contribution in [1.82, 2.24) is 10.6 Å². The number of fused-ring (bicyclic) bond motifs is 1. The maximum Gasteiger partial charge on any atom is 0.310 e. The van der Waals surface area contributed by atoms with E-state index in [2.05, 4.69) is 10.6 Å². The summed E-state index contributed by atoms with van der Waals surface area (Å²) in [6, 6.07) is 6.19. The quantitative estimate of drug-likeness (QED) is 0.642. The van der Waals surface area contributed by atoms with E-state index < -0.39 is 24.0 Å². The van der Waals surface area contributed by atoms with Gasteiger partial charge >= 0.3 is 11.8 Å². The Hall–Kier alpha value is -2.41. The molecule has 3 N–H and O–H groups in total. The number of hydrogen-bond acceptors (Lipinski definition) is 4. The molecule has 0 bridgehead atoms. The number of aliphatic hydroxyl groups excluding tert-OH is 1. The summed E-state index contributed by atoms with van der Waals surface area (Å²) in [6.45, 7) is 1.46. The van der Waals surface area contributed by atoms with Crippen LogP contribution in [-0.4, -0.2) is 42.5 Å². The average Bonchev–Trinajstić information content (AvgIpc) is 2.70. The molecular weight excluding hydrogens is 274 g/mol. The summed E-state index contributed by atoms with van der Waals surface area (Å²) >= 11 is 0. The van der Waals surface area contributed by atoms with E-state index in [1.165, 1.54) is 11.8 Å². The molecule has 2 atom stereocenters. The second-order valence-corrected chi connectivity index (χ2v) is 4.92. The van der Waals surface area contributed by atoms with Crippen molar-refractivity contribution in [2.75, 3.05) is 18.5 Å². The molecule has 0 spiro atoms. The summed E-state index contributed by atoms with van der Waals surface area (Å²) < 4.78 is 0. The van der Waals surface area contributed by atoms with Gasteiger partial charge in [0.15, 0.2) is 0 Å². The van der Waals surface area contributed by atoms with Crippen molar-refractivity contribution >= 4 is 23.4 Å². The smallest absolute Gasteiger partial charge is 0.310 e. The molecule has 1 aliphatic heterocycles. The monoisotopic (exact) mass is 291 g/mol. The number of benzene rings is 1. The molecule has 1 aromatic carbocycles. The van der Waals surface area contributed by atoms with Crippen LogP contribution in [0.1, 0.15) is 18.5 Å². The highest BCUT2D eigenvalue weighted by Crippen LogP contribution is 2.34. The third kappa shape index (κ3) is 3.03. The predicted molar refractivity (Wildman–Crippen MR) is 75.4 cm³/mol. The number of aliphatic hydroxyl groups is 1. The SMILES string of the molecule is C[C@@H](O)CNC(=O)C(=O)NC1C(=O)N(C)c2ccccc21. The zero-order valence-corrected chi connectivity index (χ0v) is 11.8. The lowest BCUT2D eigenvalue weighted by Crippen LogP contribution is -2.45. The third-order valence-electron chi connectivity index (χ3n) is 3.23. The molecule has 7 nitrogen and oxygen atoms in total. The minimum absolute atomic E-state index is 0.0264. The lowest BCUT2D eigenvalue weighted by molar-refractivity contribution is -0.140. The molecule has 1 aliphatic rings. The van der Waals surface area contributed by atoms with Gasteiger partial charge in [-0.25, -0.2) is 0 Å². The van der Waals surface area contributed by atoms with Crippen LogP contribution in [0.25, 0.3) is 0 Å². The molecule has 0 radical (unpaired) electrons. The lowest BCUT2D eigenvalue weighted by Gasteiger charge is -2.13. The highest BCUT2D eigenvalue weighted by molar-refractivity contribution is 6.35. The van der Waals surface area contributed by atoms with Gasteiger partial charge in [-0.2, -0.15) is 0 Å². The van der Waals surface area contributed by atoms with Gasteiger partial charge in [0.25, 0.3) is 5.91 Å². The van der Waals surface area contributed by atoms with Gasteiger partial charge < -0.3 is 20.6 Å². The Morgan fingerprint density at radius 1 is 1.33 bits per heavy atom. The van der Waals surface area contributed by atoms with Gasteiger partial charge in [-0.15, -0.1) is 0 Å². The lowest BCUT2D eigenvalue weighted by atomic mass is 10.1. The van der Waals surface area contributed by atoms with E-state index in [0.29, 0.717) is 11.3 Å². The first kappa shape index (κ1) is 15.0.